The van der Waals surface area contributed by atoms with Crippen LogP contribution in [0.15, 0.2) is 34.0 Å². The van der Waals surface area contributed by atoms with Gasteiger partial charge >= 0.3 is 0 Å². The second kappa shape index (κ2) is 4.31. The highest BCUT2D eigenvalue weighted by molar-refractivity contribution is 7.90. The third-order valence-electron chi connectivity index (χ3n) is 2.91. The zero-order valence-electron chi connectivity index (χ0n) is 10.5. The second-order valence-corrected chi connectivity index (χ2v) is 6.53. The molecule has 0 aromatic heterocycles. The Kier molecular flexibility index (Phi) is 3.11. The summed E-state index contributed by atoms with van der Waals surface area (Å²) >= 11 is 0. The van der Waals surface area contributed by atoms with Gasteiger partial charge in [0.25, 0.3) is 0 Å². The normalized spacial score (nSPS) is 16.1. The smallest absolute Gasteiger partial charge is 0.216 e. The lowest BCUT2D eigenvalue weighted by Crippen LogP contribution is -2.01. The molecule has 2 rings (SSSR count). The van der Waals surface area contributed by atoms with Gasteiger partial charge in [-0.15, -0.1) is 0 Å². The Bertz CT molecular complexity index is 672. The van der Waals surface area contributed by atoms with Gasteiger partial charge in [-0.05, 0) is 31.0 Å². The fourth-order valence-corrected chi connectivity index (χ4v) is 3.01. The predicted octanol–water partition coefficient (Wildman–Crippen LogP) is 2.90. The number of nitrogens with zero attached hydrogens (tertiary/aromatic N) is 1. The van der Waals surface area contributed by atoms with Crippen molar-refractivity contribution in [3.8, 4) is 0 Å². The molecule has 1 heterocycles. The van der Waals surface area contributed by atoms with Gasteiger partial charge in [0.05, 0.1) is 4.90 Å². The molecular weight excluding hydrogens is 253 g/mol. The maximum absolute atomic E-state index is 13.6. The summed E-state index contributed by atoms with van der Waals surface area (Å²) in [6, 6.07) is 4.94. The molecule has 0 N–H and O–H groups in total. The summed E-state index contributed by atoms with van der Waals surface area (Å²) in [6.45, 7) is 3.47. The Morgan fingerprint density at radius 3 is 2.44 bits per heavy atom. The minimum atomic E-state index is -3.30. The number of sulfone groups is 1. The van der Waals surface area contributed by atoms with Gasteiger partial charge in [-0.25, -0.2) is 13.4 Å². The molecule has 0 unspecified atom stereocenters. The first-order valence-electron chi connectivity index (χ1n) is 5.53. The van der Waals surface area contributed by atoms with Crippen LogP contribution in [0.1, 0.15) is 24.5 Å². The molecule has 0 radical (unpaired) electrons. The summed E-state index contributed by atoms with van der Waals surface area (Å²) in [5.74, 6) is -0.518. The molecule has 0 spiro atoms. The van der Waals surface area contributed by atoms with Crippen LogP contribution in [0.3, 0.4) is 0 Å². The molecule has 0 aliphatic carbocycles. The highest BCUT2D eigenvalue weighted by Crippen LogP contribution is 2.31. The van der Waals surface area contributed by atoms with E-state index in [9.17, 15) is 12.8 Å². The number of benzene rings is 1. The van der Waals surface area contributed by atoms with Crippen molar-refractivity contribution in [1.29, 1.82) is 0 Å². The van der Waals surface area contributed by atoms with E-state index in [0.717, 1.165) is 6.26 Å². The summed E-state index contributed by atoms with van der Waals surface area (Å²) in [5.41, 5.74) is 2.40. The van der Waals surface area contributed by atoms with Gasteiger partial charge < -0.3 is 0 Å². The van der Waals surface area contributed by atoms with Crippen molar-refractivity contribution in [3.63, 3.8) is 0 Å². The van der Waals surface area contributed by atoms with Crippen molar-refractivity contribution in [2.24, 2.45) is 4.99 Å². The van der Waals surface area contributed by atoms with Crippen molar-refractivity contribution < 1.29 is 12.8 Å². The molecular formula is C13H14FNO2S. The molecule has 0 atom stereocenters. The number of hydrogen-bond donors (Lipinski definition) is 0. The Labute approximate surface area is 106 Å². The summed E-state index contributed by atoms with van der Waals surface area (Å²) in [4.78, 5) is 3.98. The predicted molar refractivity (Wildman–Crippen MR) is 70.0 cm³/mol. The molecule has 0 fully saturated rings. The van der Waals surface area contributed by atoms with Crippen LogP contribution in [0.2, 0.25) is 0 Å². The highest BCUT2D eigenvalue weighted by atomic mass is 32.2. The number of hydrogen-bond acceptors (Lipinski definition) is 3. The maximum atomic E-state index is 13.6. The zero-order chi connectivity index (χ0) is 13.5. The van der Waals surface area contributed by atoms with Crippen LogP contribution in [0, 0.1) is 6.92 Å². The minimum Gasteiger partial charge on any atom is -0.229 e. The number of halogens is 1. The average Bonchev–Trinajstić information content (AvgIpc) is 2.57. The zero-order valence-corrected chi connectivity index (χ0v) is 11.3. The van der Waals surface area contributed by atoms with Crippen LogP contribution in [0.4, 0.5) is 4.39 Å². The van der Waals surface area contributed by atoms with Gasteiger partial charge in [0, 0.05) is 24.0 Å². The largest absolute Gasteiger partial charge is 0.229 e. The van der Waals surface area contributed by atoms with E-state index in [1.54, 1.807) is 26.0 Å². The van der Waals surface area contributed by atoms with E-state index >= 15 is 0 Å². The topological polar surface area (TPSA) is 46.5 Å². The summed E-state index contributed by atoms with van der Waals surface area (Å²) in [5, 5.41) is 0. The molecule has 18 heavy (non-hydrogen) atoms. The van der Waals surface area contributed by atoms with Gasteiger partial charge in [0.15, 0.2) is 9.84 Å². The Hall–Kier alpha value is -1.49. The van der Waals surface area contributed by atoms with E-state index in [1.165, 1.54) is 6.07 Å². The summed E-state index contributed by atoms with van der Waals surface area (Å²) in [6.07, 6.45) is 1.58. The standard InChI is InChI=1S/C13H14FNO2S/c1-8-4-5-10(7-12(8)18(3,16)17)11-6-9(2)15-13(11)14/h4-5,7H,6H2,1-3H3. The molecule has 0 saturated carbocycles. The van der Waals surface area contributed by atoms with E-state index in [2.05, 4.69) is 4.99 Å². The first-order chi connectivity index (χ1) is 8.29. The van der Waals surface area contributed by atoms with Crippen molar-refractivity contribution in [1.82, 2.24) is 0 Å². The highest BCUT2D eigenvalue weighted by Gasteiger charge is 2.19. The number of rotatable bonds is 2. The number of allylic oxidation sites excluding steroid dienone is 1. The lowest BCUT2D eigenvalue weighted by Gasteiger charge is -2.08. The second-order valence-electron chi connectivity index (χ2n) is 4.55. The van der Waals surface area contributed by atoms with Crippen molar-refractivity contribution >= 4 is 21.1 Å². The van der Waals surface area contributed by atoms with Crippen LogP contribution < -0.4 is 0 Å². The SMILES string of the molecule is CC1=NC(F)=C(c2ccc(C)c(S(C)(=O)=O)c2)C1. The lowest BCUT2D eigenvalue weighted by atomic mass is 10.0. The summed E-state index contributed by atoms with van der Waals surface area (Å²) in [7, 11) is -3.30. The van der Waals surface area contributed by atoms with Crippen LogP contribution in [0.5, 0.6) is 0 Å². The van der Waals surface area contributed by atoms with Crippen molar-refractivity contribution in [2.45, 2.75) is 25.2 Å². The number of aliphatic imine (C=N–C) groups is 1. The molecule has 1 aromatic carbocycles. The molecule has 96 valence electrons. The van der Waals surface area contributed by atoms with E-state index in [0.29, 0.717) is 28.8 Å². The lowest BCUT2D eigenvalue weighted by molar-refractivity contribution is 0.601. The van der Waals surface area contributed by atoms with Crippen molar-refractivity contribution in [3.05, 3.63) is 35.3 Å². The molecule has 1 aromatic rings. The van der Waals surface area contributed by atoms with E-state index in [1.807, 2.05) is 0 Å². The van der Waals surface area contributed by atoms with Crippen LogP contribution in [0.25, 0.3) is 5.57 Å². The van der Waals surface area contributed by atoms with E-state index in [4.69, 9.17) is 0 Å². The van der Waals surface area contributed by atoms with Gasteiger partial charge in [-0.1, -0.05) is 12.1 Å². The summed E-state index contributed by atoms with van der Waals surface area (Å²) < 4.78 is 36.9. The molecule has 0 saturated heterocycles. The third-order valence-corrected chi connectivity index (χ3v) is 4.15. The van der Waals surface area contributed by atoms with Crippen LogP contribution >= 0.6 is 0 Å². The Morgan fingerprint density at radius 1 is 1.28 bits per heavy atom. The average molecular weight is 267 g/mol. The van der Waals surface area contributed by atoms with E-state index in [-0.39, 0.29) is 4.90 Å². The van der Waals surface area contributed by atoms with Gasteiger partial charge in [-0.2, -0.15) is 4.39 Å². The quantitative estimate of drug-likeness (QED) is 0.773. The molecule has 5 heteroatoms. The molecule has 1 aliphatic rings. The third kappa shape index (κ3) is 2.36. The molecule has 3 nitrogen and oxygen atoms in total. The van der Waals surface area contributed by atoms with Gasteiger partial charge in [0.2, 0.25) is 5.95 Å². The van der Waals surface area contributed by atoms with E-state index < -0.39 is 15.8 Å². The molecule has 0 bridgehead atoms. The fourth-order valence-electron chi connectivity index (χ4n) is 2.01. The van der Waals surface area contributed by atoms with Crippen LogP contribution in [-0.2, 0) is 9.84 Å². The first-order valence-corrected chi connectivity index (χ1v) is 7.42. The Balaban J connectivity index is 2.54. The fraction of sp³-hybridized carbons (Fsp3) is 0.308. The maximum Gasteiger partial charge on any atom is 0.216 e. The minimum absolute atomic E-state index is 0.241. The number of aryl methyl sites for hydroxylation is 1. The van der Waals surface area contributed by atoms with Gasteiger partial charge in [0.1, 0.15) is 0 Å². The van der Waals surface area contributed by atoms with Crippen molar-refractivity contribution in [2.75, 3.05) is 6.26 Å². The van der Waals surface area contributed by atoms with Crippen LogP contribution in [-0.4, -0.2) is 20.4 Å². The monoisotopic (exact) mass is 267 g/mol. The first kappa shape index (κ1) is 13.0. The Morgan fingerprint density at radius 2 is 1.94 bits per heavy atom. The molecule has 1 aliphatic heterocycles. The molecule has 0 amide bonds. The van der Waals surface area contributed by atoms with Gasteiger partial charge in [-0.3, -0.25) is 0 Å².